The van der Waals surface area contributed by atoms with E-state index < -0.39 is 0 Å². The first-order valence-corrected chi connectivity index (χ1v) is 7.34. The van der Waals surface area contributed by atoms with Crippen LogP contribution in [0.4, 0.5) is 0 Å². The highest BCUT2D eigenvalue weighted by Crippen LogP contribution is 2.31. The van der Waals surface area contributed by atoms with Crippen LogP contribution in [-0.4, -0.2) is 16.7 Å². The van der Waals surface area contributed by atoms with Gasteiger partial charge in [-0.05, 0) is 53.0 Å². The van der Waals surface area contributed by atoms with Gasteiger partial charge >= 0.3 is 0 Å². The monoisotopic (exact) mass is 341 g/mol. The molecule has 19 heavy (non-hydrogen) atoms. The summed E-state index contributed by atoms with van der Waals surface area (Å²) in [7, 11) is 0. The number of hydrogen-bond acceptors (Lipinski definition) is 4. The standard InChI is InChI=1S/C13H13BrClN3O/c1-7-4-5-16-11(7)13-17-12(18-19-13)8-2-3-10(15)9(14)6-8/h2-3,6-7,11,16H,4-5H2,1H3. The van der Waals surface area contributed by atoms with Gasteiger partial charge in [0.2, 0.25) is 11.7 Å². The number of nitrogens with zero attached hydrogens (tertiary/aromatic N) is 2. The van der Waals surface area contributed by atoms with Crippen LogP contribution in [0.5, 0.6) is 0 Å². The predicted octanol–water partition coefficient (Wildman–Crippen LogP) is 3.82. The summed E-state index contributed by atoms with van der Waals surface area (Å²) in [6.07, 6.45) is 1.13. The summed E-state index contributed by atoms with van der Waals surface area (Å²) >= 11 is 9.37. The predicted molar refractivity (Wildman–Crippen MR) is 77.0 cm³/mol. The molecular weight excluding hydrogens is 330 g/mol. The summed E-state index contributed by atoms with van der Waals surface area (Å²) in [5.41, 5.74) is 0.886. The van der Waals surface area contributed by atoms with Crippen LogP contribution in [0.2, 0.25) is 5.02 Å². The highest BCUT2D eigenvalue weighted by molar-refractivity contribution is 9.10. The molecule has 1 aromatic heterocycles. The summed E-state index contributed by atoms with van der Waals surface area (Å²) in [5.74, 6) is 1.77. The third-order valence-corrected chi connectivity index (χ3v) is 4.63. The maximum absolute atomic E-state index is 5.97. The van der Waals surface area contributed by atoms with Crippen LogP contribution in [0.15, 0.2) is 27.2 Å². The molecule has 1 aliphatic heterocycles. The summed E-state index contributed by atoms with van der Waals surface area (Å²) in [4.78, 5) is 4.48. The molecule has 1 aromatic carbocycles. The summed E-state index contributed by atoms with van der Waals surface area (Å²) in [5, 5.41) is 8.09. The average Bonchev–Trinajstić information content (AvgIpc) is 3.01. The number of halogens is 2. The van der Waals surface area contributed by atoms with Crippen LogP contribution < -0.4 is 5.32 Å². The Morgan fingerprint density at radius 3 is 3.00 bits per heavy atom. The fourth-order valence-corrected chi connectivity index (χ4v) is 2.78. The van der Waals surface area contributed by atoms with Crippen LogP contribution in [0.25, 0.3) is 11.4 Å². The molecule has 3 rings (SSSR count). The molecule has 0 amide bonds. The van der Waals surface area contributed by atoms with Crippen molar-refractivity contribution in [2.45, 2.75) is 19.4 Å². The third-order valence-electron chi connectivity index (χ3n) is 3.42. The lowest BCUT2D eigenvalue weighted by Gasteiger charge is -2.09. The van der Waals surface area contributed by atoms with Crippen LogP contribution >= 0.6 is 27.5 Å². The van der Waals surface area contributed by atoms with Gasteiger partial charge in [-0.3, -0.25) is 0 Å². The van der Waals surface area contributed by atoms with Gasteiger partial charge in [-0.15, -0.1) is 0 Å². The lowest BCUT2D eigenvalue weighted by atomic mass is 10.0. The second-order valence-electron chi connectivity index (χ2n) is 4.78. The molecule has 0 aliphatic carbocycles. The quantitative estimate of drug-likeness (QED) is 0.901. The molecule has 2 heterocycles. The van der Waals surface area contributed by atoms with Crippen molar-refractivity contribution in [3.8, 4) is 11.4 Å². The Kier molecular flexibility index (Phi) is 3.60. The largest absolute Gasteiger partial charge is 0.337 e. The number of hydrogen-bond donors (Lipinski definition) is 1. The summed E-state index contributed by atoms with van der Waals surface area (Å²) in [6.45, 7) is 3.18. The van der Waals surface area contributed by atoms with Gasteiger partial charge in [0.1, 0.15) is 0 Å². The molecule has 6 heteroatoms. The Morgan fingerprint density at radius 1 is 1.47 bits per heavy atom. The van der Waals surface area contributed by atoms with Gasteiger partial charge in [-0.2, -0.15) is 4.98 Å². The molecular formula is C13H13BrClN3O. The van der Waals surface area contributed by atoms with Crippen molar-refractivity contribution in [2.75, 3.05) is 6.54 Å². The van der Waals surface area contributed by atoms with E-state index in [1.54, 1.807) is 0 Å². The minimum atomic E-state index is 0.164. The molecule has 0 bridgehead atoms. The molecule has 1 N–H and O–H groups in total. The van der Waals surface area contributed by atoms with Crippen LogP contribution in [0, 0.1) is 5.92 Å². The maximum atomic E-state index is 5.97. The Morgan fingerprint density at radius 2 is 2.32 bits per heavy atom. The molecule has 2 unspecified atom stereocenters. The van der Waals surface area contributed by atoms with Crippen molar-refractivity contribution < 1.29 is 4.52 Å². The van der Waals surface area contributed by atoms with E-state index in [9.17, 15) is 0 Å². The van der Waals surface area contributed by atoms with Crippen molar-refractivity contribution in [3.05, 3.63) is 33.6 Å². The number of rotatable bonds is 2. The second-order valence-corrected chi connectivity index (χ2v) is 6.04. The van der Waals surface area contributed by atoms with E-state index in [1.165, 1.54) is 0 Å². The molecule has 2 aromatic rings. The lowest BCUT2D eigenvalue weighted by molar-refractivity contribution is 0.319. The van der Waals surface area contributed by atoms with Gasteiger partial charge in [0.25, 0.3) is 0 Å². The van der Waals surface area contributed by atoms with Crippen LogP contribution in [-0.2, 0) is 0 Å². The minimum absolute atomic E-state index is 0.164. The normalized spacial score (nSPS) is 22.9. The number of aromatic nitrogens is 2. The van der Waals surface area contributed by atoms with Crippen molar-refractivity contribution in [1.29, 1.82) is 0 Å². The summed E-state index contributed by atoms with van der Waals surface area (Å²) < 4.78 is 6.20. The zero-order valence-electron chi connectivity index (χ0n) is 10.4. The van der Waals surface area contributed by atoms with E-state index in [2.05, 4.69) is 38.3 Å². The Balaban J connectivity index is 1.90. The SMILES string of the molecule is CC1CCNC1c1nc(-c2ccc(Cl)c(Br)c2)no1. The van der Waals surface area contributed by atoms with Gasteiger partial charge in [0.15, 0.2) is 0 Å². The number of nitrogens with one attached hydrogen (secondary N) is 1. The molecule has 1 fully saturated rings. The van der Waals surface area contributed by atoms with Crippen molar-refractivity contribution >= 4 is 27.5 Å². The topological polar surface area (TPSA) is 51.0 Å². The number of benzene rings is 1. The van der Waals surface area contributed by atoms with Gasteiger partial charge in [-0.1, -0.05) is 23.7 Å². The third kappa shape index (κ3) is 2.55. The Labute approximate surface area is 124 Å². The van der Waals surface area contributed by atoms with E-state index >= 15 is 0 Å². The Hall–Kier alpha value is -0.910. The second kappa shape index (κ2) is 5.23. The first kappa shape index (κ1) is 13.1. The molecule has 1 aliphatic rings. The van der Waals surface area contributed by atoms with E-state index in [0.717, 1.165) is 23.0 Å². The smallest absolute Gasteiger partial charge is 0.244 e. The van der Waals surface area contributed by atoms with Crippen molar-refractivity contribution in [3.63, 3.8) is 0 Å². The van der Waals surface area contributed by atoms with Crippen LogP contribution in [0.3, 0.4) is 0 Å². The molecule has 2 atom stereocenters. The first-order valence-electron chi connectivity index (χ1n) is 6.17. The zero-order chi connectivity index (χ0) is 13.4. The average molecular weight is 343 g/mol. The Bertz CT molecular complexity index is 601. The molecule has 0 spiro atoms. The zero-order valence-corrected chi connectivity index (χ0v) is 12.7. The molecule has 100 valence electrons. The van der Waals surface area contributed by atoms with Crippen molar-refractivity contribution in [2.24, 2.45) is 5.92 Å². The van der Waals surface area contributed by atoms with E-state index in [0.29, 0.717) is 22.7 Å². The van der Waals surface area contributed by atoms with E-state index in [1.807, 2.05) is 18.2 Å². The molecule has 4 nitrogen and oxygen atoms in total. The maximum Gasteiger partial charge on any atom is 0.244 e. The fraction of sp³-hybridized carbons (Fsp3) is 0.385. The van der Waals surface area contributed by atoms with E-state index in [4.69, 9.17) is 16.1 Å². The fourth-order valence-electron chi connectivity index (χ4n) is 2.28. The first-order chi connectivity index (χ1) is 9.15. The van der Waals surface area contributed by atoms with Gasteiger partial charge < -0.3 is 9.84 Å². The van der Waals surface area contributed by atoms with Crippen LogP contribution in [0.1, 0.15) is 25.3 Å². The highest BCUT2D eigenvalue weighted by Gasteiger charge is 2.29. The van der Waals surface area contributed by atoms with Gasteiger partial charge in [-0.25, -0.2) is 0 Å². The van der Waals surface area contributed by atoms with Gasteiger partial charge in [0, 0.05) is 10.0 Å². The lowest BCUT2D eigenvalue weighted by Crippen LogP contribution is -2.16. The minimum Gasteiger partial charge on any atom is -0.337 e. The van der Waals surface area contributed by atoms with Crippen molar-refractivity contribution in [1.82, 2.24) is 15.5 Å². The van der Waals surface area contributed by atoms with E-state index in [-0.39, 0.29) is 6.04 Å². The highest BCUT2D eigenvalue weighted by atomic mass is 79.9. The summed E-state index contributed by atoms with van der Waals surface area (Å²) in [6, 6.07) is 5.75. The molecule has 1 saturated heterocycles. The molecule has 0 saturated carbocycles. The molecule has 0 radical (unpaired) electrons. The van der Waals surface area contributed by atoms with Gasteiger partial charge in [0.05, 0.1) is 11.1 Å².